The summed E-state index contributed by atoms with van der Waals surface area (Å²) in [7, 11) is 0. The highest BCUT2D eigenvalue weighted by molar-refractivity contribution is 4.90. The molecule has 15 heavy (non-hydrogen) atoms. The number of hydrogen-bond donors (Lipinski definition) is 1. The molecule has 0 fully saturated rings. The Morgan fingerprint density at radius 3 is 2.53 bits per heavy atom. The first kappa shape index (κ1) is 12.2. The van der Waals surface area contributed by atoms with E-state index in [0.717, 1.165) is 18.8 Å². The molecule has 0 aromatic carbocycles. The van der Waals surface area contributed by atoms with Gasteiger partial charge in [-0.25, -0.2) is 4.98 Å². The van der Waals surface area contributed by atoms with Crippen LogP contribution in [-0.4, -0.2) is 20.8 Å². The van der Waals surface area contributed by atoms with Crippen molar-refractivity contribution in [3.8, 4) is 0 Å². The third-order valence-electron chi connectivity index (χ3n) is 2.95. The van der Waals surface area contributed by atoms with Crippen LogP contribution in [0.5, 0.6) is 0 Å². The fraction of sp³-hybridized carbons (Fsp3) is 0.818. The Morgan fingerprint density at radius 2 is 2.07 bits per heavy atom. The van der Waals surface area contributed by atoms with E-state index in [9.17, 15) is 0 Å². The number of nitrogens with zero attached hydrogens (tertiary/aromatic N) is 3. The summed E-state index contributed by atoms with van der Waals surface area (Å²) < 4.78 is 1.94. The predicted octanol–water partition coefficient (Wildman–Crippen LogP) is 1.46. The van der Waals surface area contributed by atoms with Gasteiger partial charge in [0, 0.05) is 19.0 Å². The number of rotatable bonds is 5. The van der Waals surface area contributed by atoms with Crippen LogP contribution < -0.4 is 5.73 Å². The third kappa shape index (κ3) is 3.02. The van der Waals surface area contributed by atoms with Gasteiger partial charge in [-0.3, -0.25) is 4.68 Å². The minimum Gasteiger partial charge on any atom is -0.328 e. The lowest BCUT2D eigenvalue weighted by molar-refractivity contribution is 0.319. The van der Waals surface area contributed by atoms with Crippen LogP contribution in [-0.2, 0) is 13.0 Å². The second kappa shape index (κ2) is 5.26. The molecule has 0 bridgehead atoms. The first-order valence-electron chi connectivity index (χ1n) is 5.68. The fourth-order valence-corrected chi connectivity index (χ4v) is 1.95. The molecule has 0 spiro atoms. The summed E-state index contributed by atoms with van der Waals surface area (Å²) in [5.74, 6) is 2.10. The number of nitrogens with two attached hydrogens (primary N) is 1. The zero-order chi connectivity index (χ0) is 11.4. The van der Waals surface area contributed by atoms with E-state index in [-0.39, 0.29) is 6.04 Å². The van der Waals surface area contributed by atoms with Gasteiger partial charge in [0.1, 0.15) is 12.2 Å². The van der Waals surface area contributed by atoms with Gasteiger partial charge >= 0.3 is 0 Å². The molecule has 1 aromatic rings. The van der Waals surface area contributed by atoms with Gasteiger partial charge in [0.2, 0.25) is 0 Å². The molecule has 86 valence electrons. The SMILES string of the molecule is CCn1ncnc1CC(C(C)C)C(C)N. The van der Waals surface area contributed by atoms with Gasteiger partial charge in [-0.1, -0.05) is 13.8 Å². The molecule has 0 aliphatic carbocycles. The summed E-state index contributed by atoms with van der Waals surface area (Å²) in [6.45, 7) is 9.44. The van der Waals surface area contributed by atoms with Crippen molar-refractivity contribution in [3.63, 3.8) is 0 Å². The van der Waals surface area contributed by atoms with Crippen molar-refractivity contribution in [3.05, 3.63) is 12.2 Å². The van der Waals surface area contributed by atoms with Crippen LogP contribution in [0.1, 0.15) is 33.5 Å². The largest absolute Gasteiger partial charge is 0.328 e. The van der Waals surface area contributed by atoms with E-state index in [1.165, 1.54) is 0 Å². The van der Waals surface area contributed by atoms with Crippen LogP contribution in [0.4, 0.5) is 0 Å². The molecule has 4 heteroatoms. The summed E-state index contributed by atoms with van der Waals surface area (Å²) in [4.78, 5) is 4.29. The predicted molar refractivity (Wildman–Crippen MR) is 61.4 cm³/mol. The summed E-state index contributed by atoms with van der Waals surface area (Å²) in [5, 5.41) is 4.17. The molecule has 2 unspecified atom stereocenters. The van der Waals surface area contributed by atoms with Gasteiger partial charge in [-0.05, 0) is 25.7 Å². The van der Waals surface area contributed by atoms with Gasteiger partial charge < -0.3 is 5.73 Å². The Kier molecular flexibility index (Phi) is 4.27. The first-order valence-corrected chi connectivity index (χ1v) is 5.68. The van der Waals surface area contributed by atoms with Crippen molar-refractivity contribution in [1.82, 2.24) is 14.8 Å². The van der Waals surface area contributed by atoms with Crippen LogP contribution in [0.15, 0.2) is 6.33 Å². The molecule has 1 rings (SSSR count). The molecule has 2 N–H and O–H groups in total. The quantitative estimate of drug-likeness (QED) is 0.800. The normalized spacial score (nSPS) is 15.6. The highest BCUT2D eigenvalue weighted by Gasteiger charge is 2.20. The third-order valence-corrected chi connectivity index (χ3v) is 2.95. The maximum Gasteiger partial charge on any atom is 0.138 e. The van der Waals surface area contributed by atoms with Crippen LogP contribution >= 0.6 is 0 Å². The van der Waals surface area contributed by atoms with Gasteiger partial charge in [0.25, 0.3) is 0 Å². The maximum absolute atomic E-state index is 5.99. The van der Waals surface area contributed by atoms with Gasteiger partial charge in [0.05, 0.1) is 0 Å². The van der Waals surface area contributed by atoms with Crippen molar-refractivity contribution >= 4 is 0 Å². The second-order valence-electron chi connectivity index (χ2n) is 4.46. The lowest BCUT2D eigenvalue weighted by atomic mass is 9.86. The van der Waals surface area contributed by atoms with Crippen molar-refractivity contribution in [2.24, 2.45) is 17.6 Å². The zero-order valence-corrected chi connectivity index (χ0v) is 10.1. The molecule has 0 saturated carbocycles. The Labute approximate surface area is 91.9 Å². The van der Waals surface area contributed by atoms with Gasteiger partial charge in [-0.15, -0.1) is 0 Å². The Morgan fingerprint density at radius 1 is 1.40 bits per heavy atom. The van der Waals surface area contributed by atoms with E-state index >= 15 is 0 Å². The van der Waals surface area contributed by atoms with Crippen molar-refractivity contribution in [1.29, 1.82) is 0 Å². The molecule has 0 amide bonds. The second-order valence-corrected chi connectivity index (χ2v) is 4.46. The fourth-order valence-electron chi connectivity index (χ4n) is 1.95. The Hall–Kier alpha value is -0.900. The average Bonchev–Trinajstić information content (AvgIpc) is 2.59. The highest BCUT2D eigenvalue weighted by atomic mass is 15.3. The van der Waals surface area contributed by atoms with Gasteiger partial charge in [0.15, 0.2) is 0 Å². The molecule has 1 heterocycles. The topological polar surface area (TPSA) is 56.7 Å². The van der Waals surface area contributed by atoms with E-state index in [1.54, 1.807) is 6.33 Å². The molecule has 0 saturated heterocycles. The number of aryl methyl sites for hydroxylation is 1. The molecule has 0 aliphatic heterocycles. The summed E-state index contributed by atoms with van der Waals surface area (Å²) in [5.41, 5.74) is 5.99. The molecular formula is C11H22N4. The van der Waals surface area contributed by atoms with Crippen LogP contribution in [0, 0.1) is 11.8 Å². The van der Waals surface area contributed by atoms with E-state index < -0.39 is 0 Å². The van der Waals surface area contributed by atoms with Crippen molar-refractivity contribution < 1.29 is 0 Å². The van der Waals surface area contributed by atoms with Crippen molar-refractivity contribution in [2.45, 2.75) is 46.7 Å². The summed E-state index contributed by atoms with van der Waals surface area (Å²) >= 11 is 0. The molecule has 4 nitrogen and oxygen atoms in total. The first-order chi connectivity index (χ1) is 7.06. The number of hydrogen-bond acceptors (Lipinski definition) is 3. The lowest BCUT2D eigenvalue weighted by Gasteiger charge is -2.24. The minimum absolute atomic E-state index is 0.201. The lowest BCUT2D eigenvalue weighted by Crippen LogP contribution is -2.33. The Bertz CT molecular complexity index is 283. The molecular weight excluding hydrogens is 188 g/mol. The molecule has 1 aromatic heterocycles. The molecule has 2 atom stereocenters. The van der Waals surface area contributed by atoms with Crippen LogP contribution in [0.25, 0.3) is 0 Å². The van der Waals surface area contributed by atoms with Gasteiger partial charge in [-0.2, -0.15) is 5.10 Å². The van der Waals surface area contributed by atoms with E-state index in [1.807, 2.05) is 4.68 Å². The summed E-state index contributed by atoms with van der Waals surface area (Å²) in [6.07, 6.45) is 2.54. The van der Waals surface area contributed by atoms with E-state index in [2.05, 4.69) is 37.8 Å². The standard InChI is InChI=1S/C11H22N4/c1-5-15-11(13-7-14-15)6-10(8(2)3)9(4)12/h7-10H,5-6,12H2,1-4H3. The molecule has 0 radical (unpaired) electrons. The van der Waals surface area contributed by atoms with Crippen LogP contribution in [0.3, 0.4) is 0 Å². The van der Waals surface area contributed by atoms with E-state index in [4.69, 9.17) is 5.73 Å². The highest BCUT2D eigenvalue weighted by Crippen LogP contribution is 2.18. The van der Waals surface area contributed by atoms with Crippen LogP contribution in [0.2, 0.25) is 0 Å². The minimum atomic E-state index is 0.201. The molecule has 0 aliphatic rings. The maximum atomic E-state index is 5.99. The average molecular weight is 210 g/mol. The smallest absolute Gasteiger partial charge is 0.138 e. The van der Waals surface area contributed by atoms with Crippen molar-refractivity contribution in [2.75, 3.05) is 0 Å². The zero-order valence-electron chi connectivity index (χ0n) is 10.1. The summed E-state index contributed by atoms with van der Waals surface area (Å²) in [6, 6.07) is 0.201. The Balaban J connectivity index is 2.74. The number of aromatic nitrogens is 3. The van der Waals surface area contributed by atoms with E-state index in [0.29, 0.717) is 11.8 Å². The monoisotopic (exact) mass is 210 g/mol.